The molecule has 2 aromatic heterocycles. The van der Waals surface area contributed by atoms with Gasteiger partial charge in [-0.1, -0.05) is 13.3 Å². The van der Waals surface area contributed by atoms with Crippen LogP contribution < -0.4 is 20.4 Å². The summed E-state index contributed by atoms with van der Waals surface area (Å²) in [7, 11) is 2.13. The molecule has 0 radical (unpaired) electrons. The van der Waals surface area contributed by atoms with E-state index in [0.29, 0.717) is 11.9 Å². The Labute approximate surface area is 195 Å². The van der Waals surface area contributed by atoms with E-state index in [2.05, 4.69) is 38.6 Å². The van der Waals surface area contributed by atoms with Gasteiger partial charge in [-0.25, -0.2) is 15.0 Å². The van der Waals surface area contributed by atoms with Crippen molar-refractivity contribution in [1.82, 2.24) is 19.9 Å². The van der Waals surface area contributed by atoms with E-state index in [1.54, 1.807) is 12.4 Å². The molecule has 2 aromatic rings. The number of morpholine rings is 1. The van der Waals surface area contributed by atoms with Crippen LogP contribution in [0.25, 0.3) is 11.4 Å². The van der Waals surface area contributed by atoms with Gasteiger partial charge in [-0.3, -0.25) is 0 Å². The first-order valence-corrected chi connectivity index (χ1v) is 12.5. The summed E-state index contributed by atoms with van der Waals surface area (Å²) in [5, 5.41) is 0. The van der Waals surface area contributed by atoms with Crippen molar-refractivity contribution in [2.75, 3.05) is 47.2 Å². The number of anilines is 4. The van der Waals surface area contributed by atoms with Gasteiger partial charge in [0.25, 0.3) is 0 Å². The second-order valence-corrected chi connectivity index (χ2v) is 10.1. The fourth-order valence-corrected chi connectivity index (χ4v) is 6.06. The molecule has 1 saturated carbocycles. The highest BCUT2D eigenvalue weighted by Gasteiger charge is 2.39. The molecule has 176 valence electrons. The maximum absolute atomic E-state index is 6.07. The SMILES string of the molecule is CCC1CCC(N2CN(C)c3c(-c4cnc(N)cn4)nc(N4CC5CCC(C4)O5)nc32)CC1. The van der Waals surface area contributed by atoms with Crippen molar-refractivity contribution in [3.63, 3.8) is 0 Å². The van der Waals surface area contributed by atoms with E-state index >= 15 is 0 Å². The lowest BCUT2D eigenvalue weighted by atomic mass is 9.84. The van der Waals surface area contributed by atoms with Crippen LogP contribution in [0.2, 0.25) is 0 Å². The van der Waals surface area contributed by atoms with Crippen LogP contribution in [-0.2, 0) is 4.74 Å². The Morgan fingerprint density at radius 3 is 2.42 bits per heavy atom. The van der Waals surface area contributed by atoms with E-state index in [0.717, 1.165) is 67.4 Å². The summed E-state index contributed by atoms with van der Waals surface area (Å²) in [6.45, 7) is 4.84. The molecule has 0 aromatic carbocycles. The number of nitrogens with zero attached hydrogens (tertiary/aromatic N) is 7. The summed E-state index contributed by atoms with van der Waals surface area (Å²) < 4.78 is 6.07. The number of hydrogen-bond acceptors (Lipinski definition) is 9. The molecule has 2 saturated heterocycles. The van der Waals surface area contributed by atoms with Crippen molar-refractivity contribution in [2.24, 2.45) is 5.92 Å². The maximum atomic E-state index is 6.07. The van der Waals surface area contributed by atoms with Crippen molar-refractivity contribution in [2.45, 2.75) is 70.1 Å². The van der Waals surface area contributed by atoms with Crippen LogP contribution in [0, 0.1) is 5.92 Å². The number of nitrogens with two attached hydrogens (primary N) is 1. The number of nitrogen functional groups attached to an aromatic ring is 1. The van der Waals surface area contributed by atoms with Crippen LogP contribution in [0.5, 0.6) is 0 Å². The molecule has 3 aliphatic heterocycles. The number of hydrogen-bond donors (Lipinski definition) is 1. The number of ether oxygens (including phenoxy) is 1. The van der Waals surface area contributed by atoms with Gasteiger partial charge in [0.15, 0.2) is 5.82 Å². The lowest BCUT2D eigenvalue weighted by Gasteiger charge is -2.36. The Balaban J connectivity index is 1.41. The zero-order chi connectivity index (χ0) is 22.5. The molecular weight excluding hydrogens is 416 g/mol. The van der Waals surface area contributed by atoms with E-state index in [-0.39, 0.29) is 12.2 Å². The van der Waals surface area contributed by atoms with Crippen molar-refractivity contribution >= 4 is 23.3 Å². The molecule has 4 aliphatic rings. The minimum absolute atomic E-state index is 0.281. The van der Waals surface area contributed by atoms with E-state index in [9.17, 15) is 0 Å². The van der Waals surface area contributed by atoms with Gasteiger partial charge in [0.1, 0.15) is 22.9 Å². The van der Waals surface area contributed by atoms with E-state index in [4.69, 9.17) is 20.4 Å². The van der Waals surface area contributed by atoms with Gasteiger partial charge in [-0.15, -0.1) is 0 Å². The predicted octanol–water partition coefficient (Wildman–Crippen LogP) is 3.07. The normalized spacial score (nSPS) is 29.0. The molecule has 0 spiro atoms. The summed E-state index contributed by atoms with van der Waals surface area (Å²) in [4.78, 5) is 26.2. The smallest absolute Gasteiger partial charge is 0.228 e. The lowest BCUT2D eigenvalue weighted by molar-refractivity contribution is 0.0299. The van der Waals surface area contributed by atoms with Gasteiger partial charge in [0.2, 0.25) is 5.95 Å². The summed E-state index contributed by atoms with van der Waals surface area (Å²) in [6.07, 6.45) is 12.5. The Hall–Kier alpha value is -2.68. The van der Waals surface area contributed by atoms with Gasteiger partial charge in [-0.05, 0) is 44.4 Å². The molecule has 9 nitrogen and oxygen atoms in total. The molecular formula is C24H34N8O. The van der Waals surface area contributed by atoms with E-state index in [1.807, 2.05) is 0 Å². The highest BCUT2D eigenvalue weighted by Crippen LogP contribution is 2.44. The third-order valence-electron chi connectivity index (χ3n) is 7.95. The third-order valence-corrected chi connectivity index (χ3v) is 7.95. The van der Waals surface area contributed by atoms with Gasteiger partial charge in [-0.2, -0.15) is 4.98 Å². The van der Waals surface area contributed by atoms with Gasteiger partial charge in [0, 0.05) is 26.2 Å². The van der Waals surface area contributed by atoms with Crippen LogP contribution in [0.3, 0.4) is 0 Å². The summed E-state index contributed by atoms with van der Waals surface area (Å²) >= 11 is 0. The Bertz CT molecular complexity index is 994. The van der Waals surface area contributed by atoms with Crippen LogP contribution >= 0.6 is 0 Å². The topological polar surface area (TPSA) is 96.5 Å². The number of fused-ring (bicyclic) bond motifs is 3. The molecule has 6 rings (SSSR count). The van der Waals surface area contributed by atoms with Crippen molar-refractivity contribution in [3.8, 4) is 11.4 Å². The molecule has 5 heterocycles. The predicted molar refractivity (Wildman–Crippen MR) is 129 cm³/mol. The monoisotopic (exact) mass is 450 g/mol. The van der Waals surface area contributed by atoms with Crippen molar-refractivity contribution in [3.05, 3.63) is 12.4 Å². The zero-order valence-electron chi connectivity index (χ0n) is 19.7. The highest BCUT2D eigenvalue weighted by molar-refractivity contribution is 5.86. The number of aromatic nitrogens is 4. The minimum atomic E-state index is 0.281. The van der Waals surface area contributed by atoms with Crippen LogP contribution in [0.15, 0.2) is 12.4 Å². The second-order valence-electron chi connectivity index (χ2n) is 10.1. The Kier molecular flexibility index (Phi) is 5.24. The molecule has 2 N–H and O–H groups in total. The zero-order valence-corrected chi connectivity index (χ0v) is 19.7. The van der Waals surface area contributed by atoms with Crippen LogP contribution in [-0.4, -0.2) is 65.0 Å². The van der Waals surface area contributed by atoms with E-state index < -0.39 is 0 Å². The molecule has 2 bridgehead atoms. The molecule has 9 heteroatoms. The molecule has 3 fully saturated rings. The molecule has 0 amide bonds. The fourth-order valence-electron chi connectivity index (χ4n) is 6.06. The molecule has 33 heavy (non-hydrogen) atoms. The summed E-state index contributed by atoms with van der Waals surface area (Å²) in [6, 6.07) is 0.519. The molecule has 2 unspecified atom stereocenters. The number of rotatable bonds is 4. The quantitative estimate of drug-likeness (QED) is 0.754. The average molecular weight is 451 g/mol. The third kappa shape index (κ3) is 3.76. The lowest BCUT2D eigenvalue weighted by Crippen LogP contribution is -2.44. The Morgan fingerprint density at radius 2 is 1.76 bits per heavy atom. The fraction of sp³-hybridized carbons (Fsp3) is 0.667. The van der Waals surface area contributed by atoms with Crippen LogP contribution in [0.4, 0.5) is 23.3 Å². The van der Waals surface area contributed by atoms with Gasteiger partial charge >= 0.3 is 0 Å². The first kappa shape index (κ1) is 20.9. The average Bonchev–Trinajstić information content (AvgIpc) is 3.37. The van der Waals surface area contributed by atoms with E-state index in [1.165, 1.54) is 32.1 Å². The summed E-state index contributed by atoms with van der Waals surface area (Å²) in [5.41, 5.74) is 8.45. The highest BCUT2D eigenvalue weighted by atomic mass is 16.5. The summed E-state index contributed by atoms with van der Waals surface area (Å²) in [5.74, 6) is 3.10. The van der Waals surface area contributed by atoms with Crippen molar-refractivity contribution in [1.29, 1.82) is 0 Å². The van der Waals surface area contributed by atoms with Gasteiger partial charge in [0.05, 0.1) is 31.3 Å². The van der Waals surface area contributed by atoms with Crippen molar-refractivity contribution < 1.29 is 4.74 Å². The van der Waals surface area contributed by atoms with Crippen LogP contribution in [0.1, 0.15) is 51.9 Å². The minimum Gasteiger partial charge on any atom is -0.382 e. The molecule has 2 atom stereocenters. The van der Waals surface area contributed by atoms with Gasteiger partial charge < -0.3 is 25.2 Å². The second kappa shape index (κ2) is 8.27. The first-order valence-electron chi connectivity index (χ1n) is 12.5. The largest absolute Gasteiger partial charge is 0.382 e. The first-order chi connectivity index (χ1) is 16.1. The maximum Gasteiger partial charge on any atom is 0.228 e. The standard InChI is InChI=1S/C24H34N8O/c1-3-15-4-6-16(7-5-15)32-14-30(2)22-21(19-10-27-20(25)11-26-19)28-24(29-23(22)32)31-12-17-8-9-18(13-31)33-17/h10-11,15-18H,3-9,12-14H2,1-2H3,(H2,25,27). The molecule has 1 aliphatic carbocycles. The Morgan fingerprint density at radius 1 is 1.00 bits per heavy atom.